The Hall–Kier alpha value is -2.86. The highest BCUT2D eigenvalue weighted by atomic mass is 35.5. The fraction of sp³-hybridized carbons (Fsp3) is 0.321. The number of para-hydroxylation sites is 1. The molecule has 0 aromatic heterocycles. The van der Waals surface area contributed by atoms with Gasteiger partial charge in [-0.25, -0.2) is 0 Å². The van der Waals surface area contributed by atoms with E-state index in [2.05, 4.69) is 39.4 Å². The number of carbonyl (C=O) groups is 1. The molecular weight excluding hydrogens is 446 g/mol. The second kappa shape index (κ2) is 12.0. The Morgan fingerprint density at radius 2 is 1.44 bits per heavy atom. The largest absolute Gasteiger partial charge is 0.491 e. The van der Waals surface area contributed by atoms with Gasteiger partial charge in [0.1, 0.15) is 12.4 Å². The van der Waals surface area contributed by atoms with Gasteiger partial charge in [0.25, 0.3) is 0 Å². The van der Waals surface area contributed by atoms with Crippen LogP contribution < -0.4 is 10.1 Å². The van der Waals surface area contributed by atoms with E-state index in [-0.39, 0.29) is 18.0 Å². The number of amides is 1. The van der Waals surface area contributed by atoms with Gasteiger partial charge in [-0.3, -0.25) is 14.6 Å². The van der Waals surface area contributed by atoms with Gasteiger partial charge in [0.15, 0.2) is 0 Å². The topological polar surface area (TPSA) is 44.8 Å². The number of hydrogen-bond donors (Lipinski definition) is 1. The zero-order valence-electron chi connectivity index (χ0n) is 19.6. The van der Waals surface area contributed by atoms with Crippen LogP contribution in [0.5, 0.6) is 5.75 Å². The predicted molar refractivity (Wildman–Crippen MR) is 137 cm³/mol. The summed E-state index contributed by atoms with van der Waals surface area (Å²) in [5.41, 5.74) is 2.16. The SMILES string of the molecule is CC(C(=O)NC(c1ccccc1)c1ccccc1)N1CCN(CCOc2ccccc2Cl)CC1. The highest BCUT2D eigenvalue weighted by Gasteiger charge is 2.27. The van der Waals surface area contributed by atoms with Gasteiger partial charge in [-0.15, -0.1) is 0 Å². The van der Waals surface area contributed by atoms with E-state index in [1.165, 1.54) is 0 Å². The monoisotopic (exact) mass is 477 g/mol. The van der Waals surface area contributed by atoms with Crippen molar-refractivity contribution in [1.29, 1.82) is 0 Å². The van der Waals surface area contributed by atoms with Gasteiger partial charge in [0.2, 0.25) is 5.91 Å². The minimum absolute atomic E-state index is 0.0493. The Morgan fingerprint density at radius 1 is 0.882 bits per heavy atom. The number of nitrogens with one attached hydrogen (secondary N) is 1. The number of ether oxygens (including phenoxy) is 1. The van der Waals surface area contributed by atoms with Crippen LogP contribution >= 0.6 is 11.6 Å². The number of nitrogens with zero attached hydrogens (tertiary/aromatic N) is 2. The molecule has 0 radical (unpaired) electrons. The van der Waals surface area contributed by atoms with Crippen LogP contribution in [0.1, 0.15) is 24.1 Å². The van der Waals surface area contributed by atoms with Crippen LogP contribution in [0.25, 0.3) is 0 Å². The summed E-state index contributed by atoms with van der Waals surface area (Å²) in [6, 6.07) is 27.5. The molecule has 0 bridgehead atoms. The summed E-state index contributed by atoms with van der Waals surface area (Å²) in [6.07, 6.45) is 0. The smallest absolute Gasteiger partial charge is 0.237 e. The quantitative estimate of drug-likeness (QED) is 0.488. The molecule has 1 atom stereocenters. The molecule has 1 saturated heterocycles. The molecule has 1 N–H and O–H groups in total. The Kier molecular flexibility index (Phi) is 8.58. The van der Waals surface area contributed by atoms with Gasteiger partial charge in [0.05, 0.1) is 17.1 Å². The summed E-state index contributed by atoms with van der Waals surface area (Å²) in [6.45, 7) is 6.94. The fourth-order valence-electron chi connectivity index (χ4n) is 4.30. The van der Waals surface area contributed by atoms with Gasteiger partial charge >= 0.3 is 0 Å². The van der Waals surface area contributed by atoms with E-state index in [0.717, 1.165) is 49.6 Å². The number of halogens is 1. The van der Waals surface area contributed by atoms with E-state index in [4.69, 9.17) is 16.3 Å². The van der Waals surface area contributed by atoms with E-state index >= 15 is 0 Å². The van der Waals surface area contributed by atoms with Crippen molar-refractivity contribution in [1.82, 2.24) is 15.1 Å². The molecule has 34 heavy (non-hydrogen) atoms. The summed E-state index contributed by atoms with van der Waals surface area (Å²) in [5, 5.41) is 3.92. The molecule has 1 unspecified atom stereocenters. The lowest BCUT2D eigenvalue weighted by Gasteiger charge is -2.37. The maximum Gasteiger partial charge on any atom is 0.237 e. The molecule has 0 saturated carbocycles. The molecule has 3 aromatic carbocycles. The third kappa shape index (κ3) is 6.38. The zero-order valence-corrected chi connectivity index (χ0v) is 20.3. The maximum absolute atomic E-state index is 13.2. The molecule has 5 nitrogen and oxygen atoms in total. The Labute approximate surface area is 207 Å². The maximum atomic E-state index is 13.2. The molecule has 1 fully saturated rings. The fourth-order valence-corrected chi connectivity index (χ4v) is 4.49. The minimum Gasteiger partial charge on any atom is -0.491 e. The standard InChI is InChI=1S/C28H32ClN3O2/c1-22(28(33)30-27(23-10-4-2-5-11-23)24-12-6-3-7-13-24)32-18-16-31(17-19-32)20-21-34-26-15-9-8-14-25(26)29/h2-15,22,27H,16-21H2,1H3,(H,30,33). The Morgan fingerprint density at radius 3 is 2.03 bits per heavy atom. The third-order valence-corrected chi connectivity index (χ3v) is 6.70. The number of piperazine rings is 1. The van der Waals surface area contributed by atoms with Crippen LogP contribution in [0.15, 0.2) is 84.9 Å². The average Bonchev–Trinajstić information content (AvgIpc) is 2.89. The van der Waals surface area contributed by atoms with Crippen molar-refractivity contribution in [2.45, 2.75) is 19.0 Å². The van der Waals surface area contributed by atoms with Gasteiger partial charge in [0, 0.05) is 32.7 Å². The van der Waals surface area contributed by atoms with Crippen LogP contribution in [-0.2, 0) is 4.79 Å². The van der Waals surface area contributed by atoms with Gasteiger partial charge in [-0.05, 0) is 30.2 Å². The minimum atomic E-state index is -0.198. The van der Waals surface area contributed by atoms with Crippen molar-refractivity contribution >= 4 is 17.5 Å². The van der Waals surface area contributed by atoms with Gasteiger partial charge in [-0.1, -0.05) is 84.4 Å². The first-order chi connectivity index (χ1) is 16.6. The lowest BCUT2D eigenvalue weighted by molar-refractivity contribution is -0.127. The van der Waals surface area contributed by atoms with Gasteiger partial charge in [-0.2, -0.15) is 0 Å². The normalized spacial score (nSPS) is 15.7. The summed E-state index contributed by atoms with van der Waals surface area (Å²) >= 11 is 6.16. The van der Waals surface area contributed by atoms with Crippen LogP contribution in [0.2, 0.25) is 5.02 Å². The van der Waals surface area contributed by atoms with Gasteiger partial charge < -0.3 is 10.1 Å². The Bertz CT molecular complexity index is 1000. The molecule has 4 rings (SSSR count). The van der Waals surface area contributed by atoms with Crippen molar-refractivity contribution < 1.29 is 9.53 Å². The van der Waals surface area contributed by atoms with E-state index in [1.807, 2.05) is 67.6 Å². The average molecular weight is 478 g/mol. The lowest BCUT2D eigenvalue weighted by Crippen LogP contribution is -2.54. The molecule has 3 aromatic rings. The number of carbonyl (C=O) groups excluding carboxylic acids is 1. The van der Waals surface area contributed by atoms with E-state index in [1.54, 1.807) is 0 Å². The predicted octanol–water partition coefficient (Wildman–Crippen LogP) is 4.63. The van der Waals surface area contributed by atoms with Crippen molar-refractivity contribution in [3.8, 4) is 5.75 Å². The number of benzene rings is 3. The Balaban J connectivity index is 1.28. The first kappa shape index (κ1) is 24.3. The first-order valence-electron chi connectivity index (χ1n) is 11.9. The molecule has 0 spiro atoms. The molecule has 178 valence electrons. The second-order valence-corrected chi connectivity index (χ2v) is 9.00. The molecule has 1 heterocycles. The lowest BCUT2D eigenvalue weighted by atomic mass is 9.98. The van der Waals surface area contributed by atoms with Crippen LogP contribution in [0.4, 0.5) is 0 Å². The number of rotatable bonds is 9. The molecular formula is C28H32ClN3O2. The van der Waals surface area contributed by atoms with Crippen molar-refractivity contribution in [2.75, 3.05) is 39.3 Å². The summed E-state index contributed by atoms with van der Waals surface area (Å²) in [7, 11) is 0. The molecule has 0 aliphatic carbocycles. The third-order valence-electron chi connectivity index (χ3n) is 6.39. The second-order valence-electron chi connectivity index (χ2n) is 8.60. The van der Waals surface area contributed by atoms with Crippen molar-refractivity contribution in [3.63, 3.8) is 0 Å². The zero-order chi connectivity index (χ0) is 23.8. The summed E-state index contributed by atoms with van der Waals surface area (Å²) < 4.78 is 5.83. The van der Waals surface area contributed by atoms with Crippen LogP contribution in [0.3, 0.4) is 0 Å². The highest BCUT2D eigenvalue weighted by molar-refractivity contribution is 6.32. The first-order valence-corrected chi connectivity index (χ1v) is 12.2. The molecule has 1 amide bonds. The van der Waals surface area contributed by atoms with E-state index in [9.17, 15) is 4.79 Å². The van der Waals surface area contributed by atoms with E-state index in [0.29, 0.717) is 11.6 Å². The van der Waals surface area contributed by atoms with E-state index < -0.39 is 0 Å². The highest BCUT2D eigenvalue weighted by Crippen LogP contribution is 2.24. The number of hydrogen-bond acceptors (Lipinski definition) is 4. The van der Waals surface area contributed by atoms with Crippen LogP contribution in [-0.4, -0.2) is 61.1 Å². The van der Waals surface area contributed by atoms with Crippen LogP contribution in [0, 0.1) is 0 Å². The van der Waals surface area contributed by atoms with Crippen molar-refractivity contribution in [2.24, 2.45) is 0 Å². The summed E-state index contributed by atoms with van der Waals surface area (Å²) in [4.78, 5) is 17.9. The van der Waals surface area contributed by atoms with Crippen molar-refractivity contribution in [3.05, 3.63) is 101 Å². The summed E-state index contributed by atoms with van der Waals surface area (Å²) in [5.74, 6) is 0.771. The molecule has 6 heteroatoms. The molecule has 1 aliphatic heterocycles. The molecule has 1 aliphatic rings.